The summed E-state index contributed by atoms with van der Waals surface area (Å²) in [5, 5.41) is 8.27. The molecule has 0 saturated heterocycles. The van der Waals surface area contributed by atoms with Crippen molar-refractivity contribution in [2.75, 3.05) is 19.0 Å². The van der Waals surface area contributed by atoms with E-state index in [1.165, 1.54) is 22.3 Å². The Hall–Kier alpha value is -1.47. The fourth-order valence-electron chi connectivity index (χ4n) is 2.37. The Morgan fingerprint density at radius 1 is 1.55 bits per heavy atom. The topological polar surface area (TPSA) is 68.5 Å². The van der Waals surface area contributed by atoms with Crippen LogP contribution in [0.4, 0.5) is 5.13 Å². The normalized spacial score (nSPS) is 17.1. The highest BCUT2D eigenvalue weighted by Crippen LogP contribution is 2.35. The Kier molecular flexibility index (Phi) is 3.47. The number of nitrogens with zero attached hydrogens (tertiary/aromatic N) is 3. The predicted molar refractivity (Wildman–Crippen MR) is 78.6 cm³/mol. The lowest BCUT2D eigenvalue weighted by molar-refractivity contribution is -0.0601. The smallest absolute Gasteiger partial charge is 0.275 e. The number of aryl methyl sites for hydroxylation is 1. The molecule has 0 aliphatic heterocycles. The summed E-state index contributed by atoms with van der Waals surface area (Å²) in [6.07, 6.45) is 4.09. The standard InChI is InChI=1S/C13H18N4O2S/c1-3-9-7-10(18)17-12(15-9)20-11(16-17)14-8-13(19-2)5-4-6-13/h7H,3-6,8H2,1-2H3,(H,14,16). The van der Waals surface area contributed by atoms with Crippen LogP contribution in [-0.2, 0) is 11.2 Å². The van der Waals surface area contributed by atoms with Crippen LogP contribution in [0.1, 0.15) is 31.9 Å². The zero-order valence-corrected chi connectivity index (χ0v) is 12.5. The molecule has 20 heavy (non-hydrogen) atoms. The number of rotatable bonds is 5. The number of hydrogen-bond donors (Lipinski definition) is 1. The number of methoxy groups -OCH3 is 1. The Balaban J connectivity index is 1.82. The molecule has 1 saturated carbocycles. The van der Waals surface area contributed by atoms with Crippen molar-refractivity contribution < 1.29 is 4.74 Å². The van der Waals surface area contributed by atoms with Crippen molar-refractivity contribution in [2.45, 2.75) is 38.2 Å². The van der Waals surface area contributed by atoms with E-state index in [1.54, 1.807) is 13.2 Å². The fourth-order valence-corrected chi connectivity index (χ4v) is 3.19. The van der Waals surface area contributed by atoms with Crippen LogP contribution in [-0.4, -0.2) is 33.9 Å². The molecule has 0 bridgehead atoms. The molecule has 3 rings (SSSR count). The first-order chi connectivity index (χ1) is 9.65. The van der Waals surface area contributed by atoms with Gasteiger partial charge < -0.3 is 10.1 Å². The summed E-state index contributed by atoms with van der Waals surface area (Å²) < 4.78 is 6.91. The highest BCUT2D eigenvalue weighted by Gasteiger charge is 2.36. The lowest BCUT2D eigenvalue weighted by Crippen LogP contribution is -2.45. The van der Waals surface area contributed by atoms with Crippen molar-refractivity contribution in [2.24, 2.45) is 0 Å². The number of fused-ring (bicyclic) bond motifs is 1. The SMILES string of the molecule is CCc1cc(=O)n2nc(NCC3(OC)CCC3)sc2n1. The fraction of sp³-hybridized carbons (Fsp3) is 0.615. The van der Waals surface area contributed by atoms with Crippen molar-refractivity contribution in [1.82, 2.24) is 14.6 Å². The summed E-state index contributed by atoms with van der Waals surface area (Å²) in [5.74, 6) is 0. The molecule has 2 heterocycles. The summed E-state index contributed by atoms with van der Waals surface area (Å²) in [5.41, 5.74) is 0.615. The Morgan fingerprint density at radius 2 is 2.35 bits per heavy atom. The first-order valence-electron chi connectivity index (χ1n) is 6.85. The maximum absolute atomic E-state index is 11.9. The summed E-state index contributed by atoms with van der Waals surface area (Å²) >= 11 is 1.40. The van der Waals surface area contributed by atoms with Gasteiger partial charge in [0.05, 0.1) is 5.60 Å². The van der Waals surface area contributed by atoms with Crippen LogP contribution in [0, 0.1) is 0 Å². The summed E-state index contributed by atoms with van der Waals surface area (Å²) in [6, 6.07) is 1.54. The molecule has 0 atom stereocenters. The van der Waals surface area contributed by atoms with Gasteiger partial charge in [-0.2, -0.15) is 4.52 Å². The summed E-state index contributed by atoms with van der Waals surface area (Å²) in [6.45, 7) is 2.70. The molecular formula is C13H18N4O2S. The molecule has 108 valence electrons. The van der Waals surface area contributed by atoms with Gasteiger partial charge >= 0.3 is 0 Å². The van der Waals surface area contributed by atoms with E-state index in [1.807, 2.05) is 6.92 Å². The van der Waals surface area contributed by atoms with Crippen LogP contribution in [0.5, 0.6) is 0 Å². The molecule has 0 radical (unpaired) electrons. The van der Waals surface area contributed by atoms with E-state index in [-0.39, 0.29) is 11.2 Å². The average Bonchev–Trinajstić information content (AvgIpc) is 2.81. The minimum absolute atomic E-state index is 0.0647. The van der Waals surface area contributed by atoms with E-state index in [0.29, 0.717) is 10.1 Å². The van der Waals surface area contributed by atoms with Crippen molar-refractivity contribution in [3.63, 3.8) is 0 Å². The number of nitrogens with one attached hydrogen (secondary N) is 1. The second-order valence-electron chi connectivity index (χ2n) is 5.14. The lowest BCUT2D eigenvalue weighted by Gasteiger charge is -2.40. The second kappa shape index (κ2) is 5.14. The van der Waals surface area contributed by atoms with E-state index < -0.39 is 0 Å². The molecule has 1 aliphatic rings. The van der Waals surface area contributed by atoms with Gasteiger partial charge in [-0.05, 0) is 25.7 Å². The first kappa shape index (κ1) is 13.5. The molecule has 2 aromatic rings. The highest BCUT2D eigenvalue weighted by molar-refractivity contribution is 7.20. The predicted octanol–water partition coefficient (Wildman–Crippen LogP) is 1.69. The van der Waals surface area contributed by atoms with Gasteiger partial charge in [0.1, 0.15) is 0 Å². The summed E-state index contributed by atoms with van der Waals surface area (Å²) in [7, 11) is 1.75. The number of anilines is 1. The van der Waals surface area contributed by atoms with Crippen molar-refractivity contribution >= 4 is 21.4 Å². The number of hydrogen-bond acceptors (Lipinski definition) is 6. The molecule has 7 heteroatoms. The Labute approximate surface area is 120 Å². The van der Waals surface area contributed by atoms with Crippen LogP contribution >= 0.6 is 11.3 Å². The molecule has 1 aliphatic carbocycles. The minimum Gasteiger partial charge on any atom is -0.376 e. The lowest BCUT2D eigenvalue weighted by atomic mass is 9.80. The van der Waals surface area contributed by atoms with Gasteiger partial charge in [-0.1, -0.05) is 18.3 Å². The van der Waals surface area contributed by atoms with Crippen LogP contribution in [0.25, 0.3) is 4.96 Å². The van der Waals surface area contributed by atoms with Gasteiger partial charge in [0.2, 0.25) is 10.1 Å². The third-order valence-electron chi connectivity index (χ3n) is 3.92. The number of ether oxygens (including phenoxy) is 1. The molecular weight excluding hydrogens is 276 g/mol. The maximum atomic E-state index is 11.9. The van der Waals surface area contributed by atoms with Crippen LogP contribution in [0.3, 0.4) is 0 Å². The first-order valence-corrected chi connectivity index (χ1v) is 7.66. The van der Waals surface area contributed by atoms with E-state index in [2.05, 4.69) is 15.4 Å². The van der Waals surface area contributed by atoms with E-state index in [4.69, 9.17) is 4.74 Å². The second-order valence-corrected chi connectivity index (χ2v) is 6.09. The third-order valence-corrected chi connectivity index (χ3v) is 4.79. The van der Waals surface area contributed by atoms with Crippen LogP contribution in [0.15, 0.2) is 10.9 Å². The van der Waals surface area contributed by atoms with Crippen LogP contribution < -0.4 is 10.9 Å². The molecule has 0 amide bonds. The van der Waals surface area contributed by atoms with Gasteiger partial charge in [-0.3, -0.25) is 4.79 Å². The number of aromatic nitrogens is 3. The van der Waals surface area contributed by atoms with Crippen molar-refractivity contribution in [1.29, 1.82) is 0 Å². The van der Waals surface area contributed by atoms with E-state index >= 15 is 0 Å². The van der Waals surface area contributed by atoms with E-state index in [9.17, 15) is 4.79 Å². The molecule has 2 aromatic heterocycles. The van der Waals surface area contributed by atoms with Crippen LogP contribution in [0.2, 0.25) is 0 Å². The monoisotopic (exact) mass is 294 g/mol. The van der Waals surface area contributed by atoms with Crippen molar-refractivity contribution in [3.05, 3.63) is 22.1 Å². The zero-order chi connectivity index (χ0) is 14.2. The maximum Gasteiger partial charge on any atom is 0.275 e. The van der Waals surface area contributed by atoms with Gasteiger partial charge in [0.15, 0.2) is 0 Å². The van der Waals surface area contributed by atoms with E-state index in [0.717, 1.165) is 31.5 Å². The third kappa shape index (κ3) is 2.31. The molecule has 0 spiro atoms. The quantitative estimate of drug-likeness (QED) is 0.909. The van der Waals surface area contributed by atoms with Gasteiger partial charge in [-0.15, -0.1) is 5.10 Å². The molecule has 0 aromatic carbocycles. The molecule has 0 unspecified atom stereocenters. The summed E-state index contributed by atoms with van der Waals surface area (Å²) in [4.78, 5) is 17.0. The minimum atomic E-state index is -0.124. The zero-order valence-electron chi connectivity index (χ0n) is 11.7. The van der Waals surface area contributed by atoms with Gasteiger partial charge in [0, 0.05) is 25.4 Å². The van der Waals surface area contributed by atoms with Gasteiger partial charge in [0.25, 0.3) is 5.56 Å². The largest absolute Gasteiger partial charge is 0.376 e. The molecule has 6 nitrogen and oxygen atoms in total. The van der Waals surface area contributed by atoms with Gasteiger partial charge in [-0.25, -0.2) is 4.98 Å². The Bertz CT molecular complexity index is 669. The Morgan fingerprint density at radius 3 is 2.95 bits per heavy atom. The average molecular weight is 294 g/mol. The highest BCUT2D eigenvalue weighted by atomic mass is 32.1. The van der Waals surface area contributed by atoms with Crippen molar-refractivity contribution in [3.8, 4) is 0 Å². The molecule has 1 N–H and O–H groups in total. The molecule has 1 fully saturated rings.